The number of hydrogen-bond donors (Lipinski definition) is 0. The number of fused-ring (bicyclic) bond motifs is 3. The topological polar surface area (TPSA) is 80.2 Å². The highest BCUT2D eigenvalue weighted by atomic mass is 16.8. The molecule has 0 spiro atoms. The van der Waals surface area contributed by atoms with E-state index < -0.39 is 0 Å². The largest absolute Gasteiger partial charge is 0.350 e. The highest BCUT2D eigenvalue weighted by Crippen LogP contribution is 2.44. The summed E-state index contributed by atoms with van der Waals surface area (Å²) in [7, 11) is 1.71. The lowest BCUT2D eigenvalue weighted by atomic mass is 9.89. The number of carbonyl (C=O) groups excluding carboxylic acids is 1. The van der Waals surface area contributed by atoms with Gasteiger partial charge < -0.3 is 18.9 Å². The highest BCUT2D eigenvalue weighted by molar-refractivity contribution is 5.93. The first-order chi connectivity index (χ1) is 18.5. The molecule has 2 aromatic rings. The van der Waals surface area contributed by atoms with Crippen LogP contribution in [0, 0.1) is 0 Å². The molecule has 8 heteroatoms. The number of benzene rings is 1. The average molecular weight is 523 g/mol. The molecule has 1 saturated carbocycles. The van der Waals surface area contributed by atoms with Crippen molar-refractivity contribution < 1.29 is 14.3 Å². The molecule has 206 valence electrons. The van der Waals surface area contributed by atoms with Gasteiger partial charge in [0.05, 0.1) is 17.6 Å². The zero-order chi connectivity index (χ0) is 26.2. The van der Waals surface area contributed by atoms with Crippen LogP contribution in [-0.2, 0) is 9.47 Å². The molecule has 0 N–H and O–H groups in total. The molecule has 38 heavy (non-hydrogen) atoms. The highest BCUT2D eigenvalue weighted by Gasteiger charge is 2.45. The van der Waals surface area contributed by atoms with E-state index >= 15 is 0 Å². The minimum Gasteiger partial charge on any atom is -0.350 e. The number of piperidine rings is 1. The fourth-order valence-corrected chi connectivity index (χ4v) is 7.48. The van der Waals surface area contributed by atoms with Gasteiger partial charge in [-0.2, -0.15) is 0 Å². The third-order valence-corrected chi connectivity index (χ3v) is 9.29. The second-order valence-electron chi connectivity index (χ2n) is 11.8. The van der Waals surface area contributed by atoms with Crippen molar-refractivity contribution in [3.05, 3.63) is 40.3 Å². The molecule has 3 unspecified atom stereocenters. The standard InChI is InChI=1S/C30H42N4O4/c1-3-37-30-26(38-30)19-32(2)28(35)27-29(36)34(25-14-10-9-13-24(25)31-27)23-17-21-15-16-22(18-23)33(21)20-11-7-5-4-6-8-12-20/h9-10,13-14,20-23,26,30H,3-8,11-12,15-19H2,1-2H3/t21-,22+,23?,26?,30?. The van der Waals surface area contributed by atoms with Gasteiger partial charge in [0.15, 0.2) is 12.0 Å². The van der Waals surface area contributed by atoms with Crippen LogP contribution in [0.15, 0.2) is 29.1 Å². The molecule has 1 amide bonds. The maximum Gasteiger partial charge on any atom is 0.282 e. The summed E-state index contributed by atoms with van der Waals surface area (Å²) in [5.41, 5.74) is 1.29. The molecule has 2 bridgehead atoms. The van der Waals surface area contributed by atoms with Gasteiger partial charge in [-0.15, -0.1) is 0 Å². The molecule has 6 rings (SSSR count). The molecule has 4 heterocycles. The molecule has 3 saturated heterocycles. The zero-order valence-corrected chi connectivity index (χ0v) is 22.9. The van der Waals surface area contributed by atoms with E-state index in [0.29, 0.717) is 36.8 Å². The van der Waals surface area contributed by atoms with Crippen LogP contribution < -0.4 is 5.56 Å². The summed E-state index contributed by atoms with van der Waals surface area (Å²) >= 11 is 0. The van der Waals surface area contributed by atoms with Crippen LogP contribution >= 0.6 is 0 Å². The second-order valence-corrected chi connectivity index (χ2v) is 11.8. The molecular weight excluding hydrogens is 480 g/mol. The molecular formula is C30H42N4O4. The Labute approximate surface area is 225 Å². The summed E-state index contributed by atoms with van der Waals surface area (Å²) in [6.07, 6.45) is 13.4. The van der Waals surface area contributed by atoms with Crippen molar-refractivity contribution in [1.29, 1.82) is 0 Å². The Hall–Kier alpha value is -2.29. The van der Waals surface area contributed by atoms with Gasteiger partial charge in [-0.1, -0.05) is 44.2 Å². The Bertz CT molecular complexity index is 1190. The van der Waals surface area contributed by atoms with Crippen molar-refractivity contribution in [3.8, 4) is 0 Å². The molecule has 4 fully saturated rings. The SMILES string of the molecule is CCOC1OC1CN(C)C(=O)c1nc2ccccc2n(C2C[C@H]3CC[C@@H](C2)N3C2CCCCCCC2)c1=O. The first-order valence-electron chi connectivity index (χ1n) is 14.9. The van der Waals surface area contributed by atoms with Crippen LogP contribution in [0.4, 0.5) is 0 Å². The third kappa shape index (κ3) is 5.03. The lowest BCUT2D eigenvalue weighted by Gasteiger charge is -2.45. The van der Waals surface area contributed by atoms with Crippen molar-refractivity contribution in [2.75, 3.05) is 20.2 Å². The first kappa shape index (κ1) is 26.0. The predicted octanol–water partition coefficient (Wildman–Crippen LogP) is 4.51. The number of ether oxygens (including phenoxy) is 2. The van der Waals surface area contributed by atoms with Crippen molar-refractivity contribution >= 4 is 16.9 Å². The van der Waals surface area contributed by atoms with Gasteiger partial charge in [0.1, 0.15) is 6.10 Å². The van der Waals surface area contributed by atoms with E-state index in [2.05, 4.69) is 9.88 Å². The number of epoxide rings is 1. The number of hydrogen-bond acceptors (Lipinski definition) is 6. The molecule has 1 aliphatic carbocycles. The average Bonchev–Trinajstić information content (AvgIpc) is 3.57. The van der Waals surface area contributed by atoms with Crippen LogP contribution in [0.2, 0.25) is 0 Å². The van der Waals surface area contributed by atoms with Crippen molar-refractivity contribution in [2.24, 2.45) is 0 Å². The molecule has 5 atom stereocenters. The van der Waals surface area contributed by atoms with Gasteiger partial charge in [0.25, 0.3) is 11.5 Å². The molecule has 4 aliphatic rings. The summed E-state index contributed by atoms with van der Waals surface area (Å²) in [6.45, 7) is 2.86. The number of rotatable bonds is 7. The molecule has 0 radical (unpaired) electrons. The van der Waals surface area contributed by atoms with Gasteiger partial charge in [-0.25, -0.2) is 4.98 Å². The monoisotopic (exact) mass is 522 g/mol. The summed E-state index contributed by atoms with van der Waals surface area (Å²) in [5, 5.41) is 0. The van der Waals surface area contributed by atoms with E-state index in [-0.39, 0.29) is 35.6 Å². The van der Waals surface area contributed by atoms with Gasteiger partial charge in [-0.3, -0.25) is 14.5 Å². The van der Waals surface area contributed by atoms with E-state index in [1.54, 1.807) is 11.9 Å². The maximum atomic E-state index is 14.0. The predicted molar refractivity (Wildman–Crippen MR) is 146 cm³/mol. The maximum absolute atomic E-state index is 14.0. The molecule has 8 nitrogen and oxygen atoms in total. The lowest BCUT2D eigenvalue weighted by Crippen LogP contribution is -2.50. The van der Waals surface area contributed by atoms with Crippen molar-refractivity contribution in [1.82, 2.24) is 19.4 Å². The minimum absolute atomic E-state index is 0.00889. The van der Waals surface area contributed by atoms with Crippen LogP contribution in [-0.4, -0.2) is 76.0 Å². The molecule has 1 aromatic carbocycles. The van der Waals surface area contributed by atoms with Gasteiger partial charge in [-0.05, 0) is 57.6 Å². The number of aromatic nitrogens is 2. The smallest absolute Gasteiger partial charge is 0.282 e. The van der Waals surface area contributed by atoms with E-state index in [1.807, 2.05) is 35.8 Å². The fraction of sp³-hybridized carbons (Fsp3) is 0.700. The van der Waals surface area contributed by atoms with Gasteiger partial charge in [0.2, 0.25) is 0 Å². The Morgan fingerprint density at radius 1 is 1.00 bits per heavy atom. The van der Waals surface area contributed by atoms with Crippen molar-refractivity contribution in [2.45, 2.75) is 114 Å². The second kappa shape index (κ2) is 11.1. The fourth-order valence-electron chi connectivity index (χ4n) is 7.48. The van der Waals surface area contributed by atoms with E-state index in [0.717, 1.165) is 18.4 Å². The third-order valence-electron chi connectivity index (χ3n) is 9.29. The number of amides is 1. The Morgan fingerprint density at radius 3 is 2.39 bits per heavy atom. The van der Waals surface area contributed by atoms with Crippen LogP contribution in [0.3, 0.4) is 0 Å². The molecule has 3 aliphatic heterocycles. The lowest BCUT2D eigenvalue weighted by molar-refractivity contribution is 0.0496. The Balaban J connectivity index is 1.26. The van der Waals surface area contributed by atoms with Crippen LogP contribution in [0.5, 0.6) is 0 Å². The number of para-hydroxylation sites is 2. The molecule has 1 aromatic heterocycles. The first-order valence-corrected chi connectivity index (χ1v) is 14.9. The van der Waals surface area contributed by atoms with E-state index in [4.69, 9.17) is 9.47 Å². The van der Waals surface area contributed by atoms with Crippen molar-refractivity contribution in [3.63, 3.8) is 0 Å². The summed E-state index contributed by atoms with van der Waals surface area (Å²) in [5.74, 6) is -0.352. The summed E-state index contributed by atoms with van der Waals surface area (Å²) in [6, 6.07) is 9.60. The number of carbonyl (C=O) groups is 1. The number of likely N-dealkylation sites (N-methyl/N-ethyl adjacent to an activating group) is 1. The van der Waals surface area contributed by atoms with Crippen LogP contribution in [0.25, 0.3) is 11.0 Å². The van der Waals surface area contributed by atoms with Crippen LogP contribution in [0.1, 0.15) is 94.1 Å². The summed E-state index contributed by atoms with van der Waals surface area (Å²) < 4.78 is 12.9. The van der Waals surface area contributed by atoms with Gasteiger partial charge >= 0.3 is 0 Å². The minimum atomic E-state index is -0.352. The van der Waals surface area contributed by atoms with E-state index in [9.17, 15) is 9.59 Å². The van der Waals surface area contributed by atoms with Gasteiger partial charge in [0, 0.05) is 37.8 Å². The van der Waals surface area contributed by atoms with E-state index in [1.165, 1.54) is 57.8 Å². The Kier molecular flexibility index (Phi) is 7.56. The normalized spacial score (nSPS) is 30.2. The Morgan fingerprint density at radius 2 is 1.68 bits per heavy atom. The zero-order valence-electron chi connectivity index (χ0n) is 22.9. The quantitative estimate of drug-likeness (QED) is 0.498. The summed E-state index contributed by atoms with van der Waals surface area (Å²) in [4.78, 5) is 36.4. The number of nitrogens with zero attached hydrogens (tertiary/aromatic N) is 4.